The summed E-state index contributed by atoms with van der Waals surface area (Å²) in [5.41, 5.74) is 2.89. The van der Waals surface area contributed by atoms with Crippen molar-refractivity contribution in [2.24, 2.45) is 0 Å². The Bertz CT molecular complexity index is 699. The molecule has 2 N–H and O–H groups in total. The number of hydrogen-bond donors (Lipinski definition) is 2. The number of urea groups is 1. The van der Waals surface area contributed by atoms with Crippen molar-refractivity contribution >= 4 is 11.7 Å². The lowest BCUT2D eigenvalue weighted by atomic mass is 10.1. The SMILES string of the molecule is CCCc1ccc(NC(=O)NC(C)c2cc(OC)ccc2OC)cc1. The predicted molar refractivity (Wildman–Crippen MR) is 101 cm³/mol. The molecule has 0 aliphatic rings. The van der Waals surface area contributed by atoms with Gasteiger partial charge in [0.1, 0.15) is 11.5 Å². The van der Waals surface area contributed by atoms with Crippen LogP contribution in [0.15, 0.2) is 42.5 Å². The molecule has 134 valence electrons. The molecule has 0 radical (unpaired) electrons. The van der Waals surface area contributed by atoms with Gasteiger partial charge in [0.05, 0.1) is 20.3 Å². The summed E-state index contributed by atoms with van der Waals surface area (Å²) in [5.74, 6) is 1.42. The minimum atomic E-state index is -0.263. The van der Waals surface area contributed by atoms with Crippen LogP contribution in [-0.2, 0) is 6.42 Å². The van der Waals surface area contributed by atoms with Crippen molar-refractivity contribution in [1.29, 1.82) is 0 Å². The zero-order valence-electron chi connectivity index (χ0n) is 15.3. The summed E-state index contributed by atoms with van der Waals surface area (Å²) >= 11 is 0. The fourth-order valence-electron chi connectivity index (χ4n) is 2.66. The highest BCUT2D eigenvalue weighted by Gasteiger charge is 2.15. The number of anilines is 1. The molecule has 0 aliphatic heterocycles. The van der Waals surface area contributed by atoms with Crippen LogP contribution in [0.1, 0.15) is 37.4 Å². The molecule has 0 saturated heterocycles. The highest BCUT2D eigenvalue weighted by Crippen LogP contribution is 2.29. The molecular weight excluding hydrogens is 316 g/mol. The van der Waals surface area contributed by atoms with Crippen molar-refractivity contribution in [3.05, 3.63) is 53.6 Å². The monoisotopic (exact) mass is 342 g/mol. The quantitative estimate of drug-likeness (QED) is 0.776. The lowest BCUT2D eigenvalue weighted by Crippen LogP contribution is -2.31. The number of methoxy groups -OCH3 is 2. The lowest BCUT2D eigenvalue weighted by molar-refractivity contribution is 0.249. The zero-order chi connectivity index (χ0) is 18.2. The average molecular weight is 342 g/mol. The van der Waals surface area contributed by atoms with Crippen LogP contribution in [0.3, 0.4) is 0 Å². The maximum absolute atomic E-state index is 12.3. The fraction of sp³-hybridized carbons (Fsp3) is 0.350. The van der Waals surface area contributed by atoms with Gasteiger partial charge in [0, 0.05) is 11.3 Å². The highest BCUT2D eigenvalue weighted by atomic mass is 16.5. The average Bonchev–Trinajstić information content (AvgIpc) is 2.62. The molecule has 0 saturated carbocycles. The molecule has 0 aliphatic carbocycles. The van der Waals surface area contributed by atoms with Crippen LogP contribution in [0.2, 0.25) is 0 Å². The summed E-state index contributed by atoms with van der Waals surface area (Å²) in [5, 5.41) is 5.78. The number of ether oxygens (including phenoxy) is 2. The molecule has 5 heteroatoms. The molecule has 1 unspecified atom stereocenters. The highest BCUT2D eigenvalue weighted by molar-refractivity contribution is 5.89. The van der Waals surface area contributed by atoms with Crippen molar-refractivity contribution in [2.75, 3.05) is 19.5 Å². The van der Waals surface area contributed by atoms with E-state index in [1.807, 2.05) is 49.4 Å². The van der Waals surface area contributed by atoms with Gasteiger partial charge in [-0.05, 0) is 49.2 Å². The van der Waals surface area contributed by atoms with E-state index in [0.717, 1.165) is 29.8 Å². The molecule has 2 rings (SSSR count). The smallest absolute Gasteiger partial charge is 0.319 e. The topological polar surface area (TPSA) is 59.6 Å². The van der Waals surface area contributed by atoms with E-state index in [4.69, 9.17) is 9.47 Å². The van der Waals surface area contributed by atoms with Crippen molar-refractivity contribution in [1.82, 2.24) is 5.32 Å². The summed E-state index contributed by atoms with van der Waals surface area (Å²) in [7, 11) is 3.22. The van der Waals surface area contributed by atoms with E-state index in [1.165, 1.54) is 5.56 Å². The van der Waals surface area contributed by atoms with Crippen LogP contribution in [0, 0.1) is 0 Å². The first kappa shape index (κ1) is 18.6. The largest absolute Gasteiger partial charge is 0.497 e. The molecule has 0 aromatic heterocycles. The fourth-order valence-corrected chi connectivity index (χ4v) is 2.66. The minimum Gasteiger partial charge on any atom is -0.497 e. The molecule has 2 aromatic rings. The molecule has 0 heterocycles. The number of carbonyl (C=O) groups excluding carboxylic acids is 1. The molecule has 5 nitrogen and oxygen atoms in total. The van der Waals surface area contributed by atoms with Gasteiger partial charge in [-0.3, -0.25) is 0 Å². The third-order valence-electron chi connectivity index (χ3n) is 4.00. The number of rotatable bonds is 7. The minimum absolute atomic E-state index is 0.232. The molecule has 1 atom stereocenters. The van der Waals surface area contributed by atoms with Gasteiger partial charge >= 0.3 is 6.03 Å². The van der Waals surface area contributed by atoms with Gasteiger partial charge in [-0.2, -0.15) is 0 Å². The zero-order valence-corrected chi connectivity index (χ0v) is 15.3. The second-order valence-corrected chi connectivity index (χ2v) is 5.87. The molecule has 0 fully saturated rings. The van der Waals surface area contributed by atoms with Crippen LogP contribution in [0.25, 0.3) is 0 Å². The predicted octanol–water partition coefficient (Wildman–Crippen LogP) is 4.54. The van der Waals surface area contributed by atoms with E-state index in [0.29, 0.717) is 5.75 Å². The molecule has 2 aromatic carbocycles. The van der Waals surface area contributed by atoms with Gasteiger partial charge in [-0.15, -0.1) is 0 Å². The van der Waals surface area contributed by atoms with E-state index in [9.17, 15) is 4.79 Å². The van der Waals surface area contributed by atoms with Crippen LogP contribution >= 0.6 is 0 Å². The van der Waals surface area contributed by atoms with Crippen LogP contribution in [0.4, 0.5) is 10.5 Å². The van der Waals surface area contributed by atoms with E-state index in [2.05, 4.69) is 17.6 Å². The normalized spacial score (nSPS) is 11.5. The summed E-state index contributed by atoms with van der Waals surface area (Å²) < 4.78 is 10.6. The standard InChI is InChI=1S/C20H26N2O3/c1-5-6-15-7-9-16(10-8-15)22-20(23)21-14(2)18-13-17(24-3)11-12-19(18)25-4/h7-14H,5-6H2,1-4H3,(H2,21,22,23). The second kappa shape index (κ2) is 8.97. The second-order valence-electron chi connectivity index (χ2n) is 5.87. The molecular formula is C20H26N2O3. The van der Waals surface area contributed by atoms with Gasteiger partial charge in [0.15, 0.2) is 0 Å². The van der Waals surface area contributed by atoms with Gasteiger partial charge in [-0.1, -0.05) is 25.5 Å². The summed E-state index contributed by atoms with van der Waals surface area (Å²) in [6.45, 7) is 4.05. The van der Waals surface area contributed by atoms with Crippen molar-refractivity contribution in [2.45, 2.75) is 32.7 Å². The summed E-state index contributed by atoms with van der Waals surface area (Å²) in [6, 6.07) is 12.9. The Morgan fingerprint density at radius 2 is 1.80 bits per heavy atom. The number of nitrogens with one attached hydrogen (secondary N) is 2. The first-order valence-corrected chi connectivity index (χ1v) is 8.45. The number of benzene rings is 2. The van der Waals surface area contributed by atoms with Crippen molar-refractivity contribution < 1.29 is 14.3 Å². The van der Waals surface area contributed by atoms with E-state index in [-0.39, 0.29) is 12.1 Å². The number of aryl methyl sites for hydroxylation is 1. The van der Waals surface area contributed by atoms with Crippen LogP contribution < -0.4 is 20.1 Å². The Kier molecular flexibility index (Phi) is 6.69. The Morgan fingerprint density at radius 1 is 1.08 bits per heavy atom. The third kappa shape index (κ3) is 5.14. The number of carbonyl (C=O) groups is 1. The van der Waals surface area contributed by atoms with Gasteiger partial charge in [0.2, 0.25) is 0 Å². The van der Waals surface area contributed by atoms with E-state index >= 15 is 0 Å². The van der Waals surface area contributed by atoms with Crippen molar-refractivity contribution in [3.63, 3.8) is 0 Å². The Morgan fingerprint density at radius 3 is 2.40 bits per heavy atom. The van der Waals surface area contributed by atoms with Crippen LogP contribution in [-0.4, -0.2) is 20.3 Å². The van der Waals surface area contributed by atoms with Crippen LogP contribution in [0.5, 0.6) is 11.5 Å². The number of hydrogen-bond acceptors (Lipinski definition) is 3. The molecule has 0 bridgehead atoms. The van der Waals surface area contributed by atoms with Crippen molar-refractivity contribution in [3.8, 4) is 11.5 Å². The van der Waals surface area contributed by atoms with E-state index < -0.39 is 0 Å². The molecule has 2 amide bonds. The Labute approximate surface area is 149 Å². The van der Waals surface area contributed by atoms with E-state index in [1.54, 1.807) is 14.2 Å². The van der Waals surface area contributed by atoms with Gasteiger partial charge < -0.3 is 20.1 Å². The van der Waals surface area contributed by atoms with Gasteiger partial charge in [-0.25, -0.2) is 4.79 Å². The first-order chi connectivity index (χ1) is 12.1. The van der Waals surface area contributed by atoms with Gasteiger partial charge in [0.25, 0.3) is 0 Å². The Balaban J connectivity index is 2.02. The third-order valence-corrected chi connectivity index (χ3v) is 4.00. The maximum Gasteiger partial charge on any atom is 0.319 e. The maximum atomic E-state index is 12.3. The summed E-state index contributed by atoms with van der Waals surface area (Å²) in [4.78, 5) is 12.3. The summed E-state index contributed by atoms with van der Waals surface area (Å²) in [6.07, 6.45) is 2.15. The number of amides is 2. The lowest BCUT2D eigenvalue weighted by Gasteiger charge is -2.18. The molecule has 25 heavy (non-hydrogen) atoms. The Hall–Kier alpha value is -2.69. The molecule has 0 spiro atoms. The first-order valence-electron chi connectivity index (χ1n) is 8.45.